The van der Waals surface area contributed by atoms with E-state index in [1.165, 1.54) is 0 Å². The summed E-state index contributed by atoms with van der Waals surface area (Å²) >= 11 is 10.9. The molecule has 0 saturated heterocycles. The highest BCUT2D eigenvalue weighted by Crippen LogP contribution is 2.21. The Hall–Kier alpha value is -1.70. The summed E-state index contributed by atoms with van der Waals surface area (Å²) in [5.74, 6) is 0.615. The fourth-order valence-corrected chi connectivity index (χ4v) is 3.85. The van der Waals surface area contributed by atoms with Crippen LogP contribution in [0.5, 0.6) is 0 Å². The van der Waals surface area contributed by atoms with Crippen molar-refractivity contribution in [2.45, 2.75) is 13.5 Å². The fraction of sp³-hybridized carbons (Fsp3) is 0.188. The molecule has 1 aromatic carbocycles. The summed E-state index contributed by atoms with van der Waals surface area (Å²) in [7, 11) is 1.74. The van der Waals surface area contributed by atoms with Gasteiger partial charge in [0, 0.05) is 26.8 Å². The van der Waals surface area contributed by atoms with E-state index in [2.05, 4.69) is 26.0 Å². The standard InChI is InChI=1S/C16H14BrClN4OS/c1-10-19-15(20-22(10)13-5-3-12(18)4-6-13)16(23)21(2)8-14-7-11(17)9-24-14/h3-7,9H,8H2,1-2H3. The van der Waals surface area contributed by atoms with Crippen molar-refractivity contribution in [1.29, 1.82) is 0 Å². The second-order valence-corrected chi connectivity index (χ2v) is 7.61. The predicted molar refractivity (Wildman–Crippen MR) is 98.9 cm³/mol. The Bertz CT molecular complexity index is 875. The molecular formula is C16H14BrClN4OS. The first-order valence-corrected chi connectivity index (χ1v) is 9.17. The first-order chi connectivity index (χ1) is 11.4. The van der Waals surface area contributed by atoms with Gasteiger partial charge in [0.2, 0.25) is 5.82 Å². The van der Waals surface area contributed by atoms with Crippen LogP contribution in [0.2, 0.25) is 5.02 Å². The molecule has 0 fully saturated rings. The van der Waals surface area contributed by atoms with E-state index in [0.717, 1.165) is 15.0 Å². The Kier molecular flexibility index (Phi) is 5.03. The van der Waals surface area contributed by atoms with Gasteiger partial charge in [0.05, 0.1) is 12.2 Å². The maximum absolute atomic E-state index is 12.6. The summed E-state index contributed by atoms with van der Waals surface area (Å²) in [6.07, 6.45) is 0. The van der Waals surface area contributed by atoms with Crippen LogP contribution in [0.15, 0.2) is 40.2 Å². The lowest BCUT2D eigenvalue weighted by atomic mass is 10.3. The Balaban J connectivity index is 1.80. The van der Waals surface area contributed by atoms with Crippen LogP contribution in [0.1, 0.15) is 21.3 Å². The predicted octanol–water partition coefficient (Wildman–Crippen LogP) is 4.33. The van der Waals surface area contributed by atoms with Gasteiger partial charge in [-0.25, -0.2) is 9.67 Å². The van der Waals surface area contributed by atoms with Crippen molar-refractivity contribution in [3.63, 3.8) is 0 Å². The van der Waals surface area contributed by atoms with Crippen molar-refractivity contribution in [3.8, 4) is 5.69 Å². The molecule has 0 aliphatic rings. The van der Waals surface area contributed by atoms with Gasteiger partial charge in [-0.05, 0) is 53.2 Å². The highest BCUT2D eigenvalue weighted by atomic mass is 79.9. The van der Waals surface area contributed by atoms with Crippen molar-refractivity contribution >= 4 is 44.8 Å². The number of aromatic nitrogens is 3. The zero-order valence-electron chi connectivity index (χ0n) is 13.0. The van der Waals surface area contributed by atoms with Gasteiger partial charge in [-0.3, -0.25) is 4.79 Å². The van der Waals surface area contributed by atoms with Crippen LogP contribution in [-0.2, 0) is 6.54 Å². The molecule has 0 aliphatic carbocycles. The second kappa shape index (κ2) is 7.04. The average Bonchev–Trinajstić information content (AvgIpc) is 3.13. The molecule has 1 amide bonds. The van der Waals surface area contributed by atoms with Gasteiger partial charge in [0.25, 0.3) is 5.91 Å². The Morgan fingerprint density at radius 2 is 2.08 bits per heavy atom. The van der Waals surface area contributed by atoms with Crippen molar-refractivity contribution in [2.75, 3.05) is 7.05 Å². The molecule has 5 nitrogen and oxygen atoms in total. The molecule has 0 spiro atoms. The van der Waals surface area contributed by atoms with Crippen LogP contribution >= 0.6 is 38.9 Å². The van der Waals surface area contributed by atoms with E-state index in [1.807, 2.05) is 30.5 Å². The zero-order valence-corrected chi connectivity index (χ0v) is 16.2. The molecule has 124 valence electrons. The summed E-state index contributed by atoms with van der Waals surface area (Å²) in [5.41, 5.74) is 0.813. The van der Waals surface area contributed by atoms with Gasteiger partial charge in [-0.15, -0.1) is 16.4 Å². The number of carbonyl (C=O) groups is 1. The Morgan fingerprint density at radius 3 is 2.71 bits per heavy atom. The first-order valence-electron chi connectivity index (χ1n) is 7.12. The van der Waals surface area contributed by atoms with Gasteiger partial charge in [0.15, 0.2) is 0 Å². The van der Waals surface area contributed by atoms with Gasteiger partial charge in [-0.2, -0.15) is 0 Å². The molecule has 0 unspecified atom stereocenters. The van der Waals surface area contributed by atoms with E-state index in [1.54, 1.807) is 40.1 Å². The largest absolute Gasteiger partial charge is 0.334 e. The van der Waals surface area contributed by atoms with E-state index in [0.29, 0.717) is 17.4 Å². The number of amides is 1. The second-order valence-electron chi connectivity index (χ2n) is 5.26. The lowest BCUT2D eigenvalue weighted by Gasteiger charge is -2.13. The fourth-order valence-electron chi connectivity index (χ4n) is 2.22. The van der Waals surface area contributed by atoms with Crippen molar-refractivity contribution in [1.82, 2.24) is 19.7 Å². The zero-order chi connectivity index (χ0) is 17.3. The number of hydrogen-bond acceptors (Lipinski definition) is 4. The van der Waals surface area contributed by atoms with E-state index < -0.39 is 0 Å². The summed E-state index contributed by atoms with van der Waals surface area (Å²) in [6.45, 7) is 2.33. The van der Waals surface area contributed by atoms with E-state index in [-0.39, 0.29) is 11.7 Å². The number of nitrogens with zero attached hydrogens (tertiary/aromatic N) is 4. The highest BCUT2D eigenvalue weighted by molar-refractivity contribution is 9.10. The van der Waals surface area contributed by atoms with Gasteiger partial charge in [-0.1, -0.05) is 11.6 Å². The van der Waals surface area contributed by atoms with Crippen molar-refractivity contribution < 1.29 is 4.79 Å². The lowest BCUT2D eigenvalue weighted by molar-refractivity contribution is 0.0774. The van der Waals surface area contributed by atoms with Crippen molar-refractivity contribution in [2.24, 2.45) is 0 Å². The first kappa shape index (κ1) is 17.1. The molecule has 2 aromatic heterocycles. The molecule has 3 aromatic rings. The number of benzene rings is 1. The average molecular weight is 426 g/mol. The number of carbonyl (C=O) groups excluding carboxylic acids is 1. The van der Waals surface area contributed by atoms with Crippen LogP contribution in [0, 0.1) is 6.92 Å². The lowest BCUT2D eigenvalue weighted by Crippen LogP contribution is -2.27. The third-order valence-electron chi connectivity index (χ3n) is 3.39. The minimum absolute atomic E-state index is 0.181. The van der Waals surface area contributed by atoms with Gasteiger partial charge < -0.3 is 4.90 Å². The molecular weight excluding hydrogens is 412 g/mol. The number of hydrogen-bond donors (Lipinski definition) is 0. The summed E-state index contributed by atoms with van der Waals surface area (Å²) < 4.78 is 2.66. The topological polar surface area (TPSA) is 51.0 Å². The third kappa shape index (κ3) is 3.68. The molecule has 2 heterocycles. The van der Waals surface area contributed by atoms with Crippen LogP contribution in [0.4, 0.5) is 0 Å². The summed E-state index contributed by atoms with van der Waals surface area (Å²) in [6, 6.07) is 9.23. The van der Waals surface area contributed by atoms with Gasteiger partial charge >= 0.3 is 0 Å². The third-order valence-corrected chi connectivity index (χ3v) is 5.33. The SMILES string of the molecule is Cc1nc(C(=O)N(C)Cc2cc(Br)cs2)nn1-c1ccc(Cl)cc1. The molecule has 0 aliphatic heterocycles. The summed E-state index contributed by atoms with van der Waals surface area (Å²) in [5, 5.41) is 6.98. The number of aryl methyl sites for hydroxylation is 1. The normalized spacial score (nSPS) is 10.8. The number of rotatable bonds is 4. The molecule has 0 radical (unpaired) electrons. The van der Waals surface area contributed by atoms with E-state index in [4.69, 9.17) is 11.6 Å². The van der Waals surface area contributed by atoms with Gasteiger partial charge in [0.1, 0.15) is 5.82 Å². The Labute approximate surface area is 157 Å². The van der Waals surface area contributed by atoms with Crippen LogP contribution in [0.25, 0.3) is 5.69 Å². The quantitative estimate of drug-likeness (QED) is 0.625. The minimum Gasteiger partial charge on any atom is -0.334 e. The molecule has 0 atom stereocenters. The van der Waals surface area contributed by atoms with Crippen LogP contribution in [-0.4, -0.2) is 32.6 Å². The molecule has 3 rings (SSSR count). The maximum Gasteiger partial charge on any atom is 0.293 e. The molecule has 0 bridgehead atoms. The smallest absolute Gasteiger partial charge is 0.293 e. The van der Waals surface area contributed by atoms with E-state index >= 15 is 0 Å². The molecule has 8 heteroatoms. The Morgan fingerprint density at radius 1 is 1.38 bits per heavy atom. The van der Waals surface area contributed by atoms with Crippen LogP contribution < -0.4 is 0 Å². The van der Waals surface area contributed by atoms with Crippen LogP contribution in [0.3, 0.4) is 0 Å². The number of halogens is 2. The minimum atomic E-state index is -0.213. The summed E-state index contributed by atoms with van der Waals surface area (Å²) in [4.78, 5) is 19.6. The van der Waals surface area contributed by atoms with E-state index in [9.17, 15) is 4.79 Å². The van der Waals surface area contributed by atoms with Crippen molar-refractivity contribution in [3.05, 3.63) is 61.7 Å². The molecule has 0 saturated carbocycles. The molecule has 24 heavy (non-hydrogen) atoms. The monoisotopic (exact) mass is 424 g/mol. The maximum atomic E-state index is 12.6. The highest BCUT2D eigenvalue weighted by Gasteiger charge is 2.19. The molecule has 0 N–H and O–H groups in total. The number of thiophene rings is 1.